The number of rotatable bonds is 3. The summed E-state index contributed by atoms with van der Waals surface area (Å²) in [7, 11) is 0. The van der Waals surface area contributed by atoms with Crippen LogP contribution in [0.2, 0.25) is 5.02 Å². The molecule has 116 valence electrons. The third-order valence-corrected chi connectivity index (χ3v) is 3.79. The Hall–Kier alpha value is -1.27. The van der Waals surface area contributed by atoms with Crippen molar-refractivity contribution in [1.82, 2.24) is 4.90 Å². The van der Waals surface area contributed by atoms with E-state index in [1.807, 2.05) is 0 Å². The number of aliphatic carboxylic acids is 1. The molecule has 1 N–H and O–H groups in total. The van der Waals surface area contributed by atoms with Gasteiger partial charge in [0.1, 0.15) is 6.04 Å². The van der Waals surface area contributed by atoms with Gasteiger partial charge in [0.05, 0.1) is 5.56 Å². The minimum absolute atomic E-state index is 0.00343. The second-order valence-corrected chi connectivity index (χ2v) is 5.60. The van der Waals surface area contributed by atoms with Crippen LogP contribution >= 0.6 is 11.6 Å². The second kappa shape index (κ2) is 6.23. The Morgan fingerprint density at radius 2 is 2.05 bits per heavy atom. The maximum atomic E-state index is 12.8. The summed E-state index contributed by atoms with van der Waals surface area (Å²) in [4.78, 5) is 12.9. The molecule has 0 spiro atoms. The summed E-state index contributed by atoms with van der Waals surface area (Å²) in [5.74, 6) is -0.937. The Balaban J connectivity index is 2.22. The van der Waals surface area contributed by atoms with Crippen LogP contribution in [0.25, 0.3) is 0 Å². The SMILES string of the molecule is O=C(O)C1CCCCN1Cc1cc(Cl)cc(C(F)(F)F)c1. The lowest BCUT2D eigenvalue weighted by Crippen LogP contribution is -2.44. The van der Waals surface area contributed by atoms with E-state index in [4.69, 9.17) is 11.6 Å². The van der Waals surface area contributed by atoms with E-state index in [1.165, 1.54) is 6.07 Å². The molecule has 3 nitrogen and oxygen atoms in total. The zero-order valence-electron chi connectivity index (χ0n) is 11.2. The van der Waals surface area contributed by atoms with Crippen LogP contribution in [0.5, 0.6) is 0 Å². The number of piperidine rings is 1. The summed E-state index contributed by atoms with van der Waals surface area (Å²) >= 11 is 5.74. The van der Waals surface area contributed by atoms with Crippen molar-refractivity contribution < 1.29 is 23.1 Å². The molecule has 0 saturated carbocycles. The predicted molar refractivity (Wildman–Crippen MR) is 72.1 cm³/mol. The van der Waals surface area contributed by atoms with Gasteiger partial charge in [-0.1, -0.05) is 18.0 Å². The molecule has 1 aromatic rings. The molecule has 0 aliphatic carbocycles. The zero-order valence-corrected chi connectivity index (χ0v) is 11.9. The van der Waals surface area contributed by atoms with Gasteiger partial charge in [-0.25, -0.2) is 0 Å². The largest absolute Gasteiger partial charge is 0.480 e. The first-order chi connectivity index (χ1) is 9.77. The Labute approximate surface area is 125 Å². The summed E-state index contributed by atoms with van der Waals surface area (Å²) in [5, 5.41) is 9.18. The zero-order chi connectivity index (χ0) is 15.6. The number of benzene rings is 1. The molecule has 1 unspecified atom stereocenters. The number of hydrogen-bond acceptors (Lipinski definition) is 2. The molecule has 1 aromatic carbocycles. The fourth-order valence-corrected chi connectivity index (χ4v) is 2.86. The van der Waals surface area contributed by atoms with E-state index in [0.717, 1.165) is 25.0 Å². The van der Waals surface area contributed by atoms with E-state index in [9.17, 15) is 23.1 Å². The van der Waals surface area contributed by atoms with Gasteiger partial charge < -0.3 is 5.11 Å². The topological polar surface area (TPSA) is 40.5 Å². The van der Waals surface area contributed by atoms with Crippen molar-refractivity contribution in [3.05, 3.63) is 34.3 Å². The molecule has 1 atom stereocenters. The average Bonchev–Trinajstić information content (AvgIpc) is 2.37. The predicted octanol–water partition coefficient (Wildman–Crippen LogP) is 3.80. The van der Waals surface area contributed by atoms with Gasteiger partial charge in [-0.3, -0.25) is 9.69 Å². The first kappa shape index (κ1) is 16.1. The maximum absolute atomic E-state index is 12.8. The monoisotopic (exact) mass is 321 g/mol. The van der Waals surface area contributed by atoms with Crippen LogP contribution < -0.4 is 0 Å². The van der Waals surface area contributed by atoms with Crippen molar-refractivity contribution in [2.75, 3.05) is 6.54 Å². The summed E-state index contributed by atoms with van der Waals surface area (Å²) in [6.07, 6.45) is -2.29. The van der Waals surface area contributed by atoms with Crippen molar-refractivity contribution in [3.63, 3.8) is 0 Å². The molecule has 0 radical (unpaired) electrons. The van der Waals surface area contributed by atoms with Crippen LogP contribution in [0.15, 0.2) is 18.2 Å². The summed E-state index contributed by atoms with van der Waals surface area (Å²) in [6, 6.07) is 2.70. The first-order valence-electron chi connectivity index (χ1n) is 6.61. The van der Waals surface area contributed by atoms with Crippen molar-refractivity contribution in [2.24, 2.45) is 0 Å². The highest BCUT2D eigenvalue weighted by molar-refractivity contribution is 6.30. The van der Waals surface area contributed by atoms with E-state index in [1.54, 1.807) is 4.90 Å². The van der Waals surface area contributed by atoms with E-state index in [0.29, 0.717) is 18.5 Å². The Kier molecular flexibility index (Phi) is 4.78. The van der Waals surface area contributed by atoms with Crippen LogP contribution in [0.4, 0.5) is 13.2 Å². The second-order valence-electron chi connectivity index (χ2n) is 5.17. The van der Waals surface area contributed by atoms with Crippen molar-refractivity contribution in [3.8, 4) is 0 Å². The van der Waals surface area contributed by atoms with Gasteiger partial charge in [0.2, 0.25) is 0 Å². The number of alkyl halides is 3. The molecule has 1 aliphatic heterocycles. The van der Waals surface area contributed by atoms with Crippen LogP contribution in [0, 0.1) is 0 Å². The van der Waals surface area contributed by atoms with Crippen LogP contribution in [0.3, 0.4) is 0 Å². The highest BCUT2D eigenvalue weighted by atomic mass is 35.5. The van der Waals surface area contributed by atoms with Crippen molar-refractivity contribution >= 4 is 17.6 Å². The molecule has 21 heavy (non-hydrogen) atoms. The quantitative estimate of drug-likeness (QED) is 0.920. The lowest BCUT2D eigenvalue weighted by molar-refractivity contribution is -0.145. The summed E-state index contributed by atoms with van der Waals surface area (Å²) < 4.78 is 38.3. The number of nitrogens with zero attached hydrogens (tertiary/aromatic N) is 1. The van der Waals surface area contributed by atoms with E-state index < -0.39 is 23.8 Å². The van der Waals surface area contributed by atoms with E-state index in [-0.39, 0.29) is 11.6 Å². The van der Waals surface area contributed by atoms with Gasteiger partial charge in [0.25, 0.3) is 0 Å². The van der Waals surface area contributed by atoms with Crippen molar-refractivity contribution in [2.45, 2.75) is 38.0 Å². The smallest absolute Gasteiger partial charge is 0.416 e. The number of hydrogen-bond donors (Lipinski definition) is 1. The van der Waals surface area contributed by atoms with Gasteiger partial charge in [0, 0.05) is 11.6 Å². The lowest BCUT2D eigenvalue weighted by atomic mass is 10.0. The Morgan fingerprint density at radius 1 is 1.33 bits per heavy atom. The molecule has 0 aromatic heterocycles. The van der Waals surface area contributed by atoms with Gasteiger partial charge >= 0.3 is 12.1 Å². The molecular formula is C14H15ClF3NO2. The number of halogens is 4. The fourth-order valence-electron chi connectivity index (χ4n) is 2.60. The third kappa shape index (κ3) is 4.11. The van der Waals surface area contributed by atoms with Crippen LogP contribution in [-0.4, -0.2) is 28.6 Å². The van der Waals surface area contributed by atoms with Crippen molar-refractivity contribution in [1.29, 1.82) is 0 Å². The Bertz CT molecular complexity index is 533. The molecule has 0 bridgehead atoms. The minimum atomic E-state index is -4.46. The first-order valence-corrected chi connectivity index (χ1v) is 6.98. The number of carboxylic acid groups (broad SMARTS) is 1. The molecule has 7 heteroatoms. The van der Waals surface area contributed by atoms with E-state index in [2.05, 4.69) is 0 Å². The third-order valence-electron chi connectivity index (χ3n) is 3.57. The number of carboxylic acids is 1. The molecule has 2 rings (SSSR count). The minimum Gasteiger partial charge on any atom is -0.480 e. The highest BCUT2D eigenvalue weighted by Gasteiger charge is 2.32. The standard InChI is InChI=1S/C14H15ClF3NO2/c15-11-6-9(5-10(7-11)14(16,17)18)8-19-4-2-1-3-12(19)13(20)21/h5-7,12H,1-4,8H2,(H,20,21). The van der Waals surface area contributed by atoms with Gasteiger partial charge in [0.15, 0.2) is 0 Å². The number of likely N-dealkylation sites (tertiary alicyclic amines) is 1. The van der Waals surface area contributed by atoms with Crippen LogP contribution in [0.1, 0.15) is 30.4 Å². The molecule has 0 amide bonds. The molecule has 1 fully saturated rings. The molecule has 1 saturated heterocycles. The lowest BCUT2D eigenvalue weighted by Gasteiger charge is -2.33. The summed E-state index contributed by atoms with van der Waals surface area (Å²) in [5.41, 5.74) is -0.433. The fraction of sp³-hybridized carbons (Fsp3) is 0.500. The van der Waals surface area contributed by atoms with Gasteiger partial charge in [-0.05, 0) is 43.1 Å². The molecular weight excluding hydrogens is 307 g/mol. The molecule has 1 aliphatic rings. The van der Waals surface area contributed by atoms with Gasteiger partial charge in [-0.15, -0.1) is 0 Å². The average molecular weight is 322 g/mol. The molecule has 1 heterocycles. The summed E-state index contributed by atoms with van der Waals surface area (Å²) in [6.45, 7) is 0.714. The Morgan fingerprint density at radius 3 is 2.67 bits per heavy atom. The normalized spacial score (nSPS) is 20.5. The number of carbonyl (C=O) groups is 1. The van der Waals surface area contributed by atoms with Gasteiger partial charge in [-0.2, -0.15) is 13.2 Å². The maximum Gasteiger partial charge on any atom is 0.416 e. The highest BCUT2D eigenvalue weighted by Crippen LogP contribution is 2.32. The van der Waals surface area contributed by atoms with E-state index >= 15 is 0 Å². The van der Waals surface area contributed by atoms with Crippen LogP contribution in [-0.2, 0) is 17.5 Å².